The van der Waals surface area contributed by atoms with Crippen molar-refractivity contribution >= 4 is 0 Å². The number of aryl methyl sites for hydroxylation is 1. The van der Waals surface area contributed by atoms with E-state index in [0.29, 0.717) is 28.8 Å². The van der Waals surface area contributed by atoms with E-state index in [2.05, 4.69) is 23.1 Å². The third kappa shape index (κ3) is 3.76. The Hall–Kier alpha value is -2.55. The zero-order valence-electron chi connectivity index (χ0n) is 13.0. The summed E-state index contributed by atoms with van der Waals surface area (Å²) in [5, 5.41) is 12.8. The van der Waals surface area contributed by atoms with Gasteiger partial charge in [0.05, 0.1) is 18.7 Å². The van der Waals surface area contributed by atoms with Gasteiger partial charge in [0.2, 0.25) is 0 Å². The van der Waals surface area contributed by atoms with E-state index in [-0.39, 0.29) is 0 Å². The minimum atomic E-state index is -0.398. The average Bonchev–Trinajstić information content (AvgIpc) is 3.02. The SMILES string of the molecule is CCCCc1noc(C(C)Oc2ccc(C#N)cc2OC)n1. The van der Waals surface area contributed by atoms with Gasteiger partial charge in [-0.1, -0.05) is 18.5 Å². The number of methoxy groups -OCH3 is 1. The lowest BCUT2D eigenvalue weighted by molar-refractivity contribution is 0.169. The van der Waals surface area contributed by atoms with Crippen LogP contribution in [-0.4, -0.2) is 17.3 Å². The molecule has 0 N–H and O–H groups in total. The van der Waals surface area contributed by atoms with Gasteiger partial charge in [-0.2, -0.15) is 10.2 Å². The van der Waals surface area contributed by atoms with Crippen LogP contribution in [-0.2, 0) is 6.42 Å². The molecule has 1 atom stereocenters. The summed E-state index contributed by atoms with van der Waals surface area (Å²) in [7, 11) is 1.53. The van der Waals surface area contributed by atoms with Crippen molar-refractivity contribution in [2.24, 2.45) is 0 Å². The summed E-state index contributed by atoms with van der Waals surface area (Å²) in [6.45, 7) is 3.94. The molecule has 0 amide bonds. The van der Waals surface area contributed by atoms with Crippen molar-refractivity contribution in [1.29, 1.82) is 5.26 Å². The van der Waals surface area contributed by atoms with E-state index in [4.69, 9.17) is 19.3 Å². The monoisotopic (exact) mass is 301 g/mol. The van der Waals surface area contributed by atoms with Crippen LogP contribution in [0.5, 0.6) is 11.5 Å². The van der Waals surface area contributed by atoms with Crippen LogP contribution in [0.25, 0.3) is 0 Å². The second-order valence-electron chi connectivity index (χ2n) is 4.89. The molecule has 2 aromatic rings. The second kappa shape index (κ2) is 7.46. The van der Waals surface area contributed by atoms with Crippen LogP contribution in [0.3, 0.4) is 0 Å². The molecule has 0 bridgehead atoms. The molecule has 0 saturated heterocycles. The maximum atomic E-state index is 8.90. The predicted molar refractivity (Wildman–Crippen MR) is 79.7 cm³/mol. The van der Waals surface area contributed by atoms with Crippen LogP contribution in [0.1, 0.15) is 50.1 Å². The second-order valence-corrected chi connectivity index (χ2v) is 4.89. The fourth-order valence-electron chi connectivity index (χ4n) is 1.94. The Kier molecular flexibility index (Phi) is 5.37. The number of unbranched alkanes of at least 4 members (excludes halogenated alkanes) is 1. The number of rotatable bonds is 7. The number of ether oxygens (including phenoxy) is 2. The first-order valence-electron chi connectivity index (χ1n) is 7.25. The van der Waals surface area contributed by atoms with E-state index in [1.54, 1.807) is 18.2 Å². The largest absolute Gasteiger partial charge is 0.493 e. The Morgan fingerprint density at radius 2 is 2.18 bits per heavy atom. The van der Waals surface area contributed by atoms with Gasteiger partial charge in [0.15, 0.2) is 23.4 Å². The molecule has 6 heteroatoms. The molecule has 0 aliphatic carbocycles. The lowest BCUT2D eigenvalue weighted by Crippen LogP contribution is -2.05. The highest BCUT2D eigenvalue weighted by molar-refractivity contribution is 5.46. The molecule has 0 spiro atoms. The number of nitrogens with zero attached hydrogens (tertiary/aromatic N) is 3. The van der Waals surface area contributed by atoms with Crippen LogP contribution in [0.15, 0.2) is 22.7 Å². The van der Waals surface area contributed by atoms with Gasteiger partial charge in [0.1, 0.15) is 0 Å². The van der Waals surface area contributed by atoms with Gasteiger partial charge < -0.3 is 14.0 Å². The highest BCUT2D eigenvalue weighted by atomic mass is 16.5. The van der Waals surface area contributed by atoms with Crippen molar-refractivity contribution in [2.75, 3.05) is 7.11 Å². The van der Waals surface area contributed by atoms with Gasteiger partial charge >= 0.3 is 0 Å². The molecular formula is C16H19N3O3. The minimum Gasteiger partial charge on any atom is -0.493 e. The van der Waals surface area contributed by atoms with Crippen LogP contribution in [0.4, 0.5) is 0 Å². The molecule has 0 aliphatic rings. The fraction of sp³-hybridized carbons (Fsp3) is 0.438. The third-order valence-corrected chi connectivity index (χ3v) is 3.18. The standard InChI is InChI=1S/C16H19N3O3/c1-4-5-6-15-18-16(22-19-15)11(2)21-13-8-7-12(10-17)9-14(13)20-3/h7-9,11H,4-6H2,1-3H3. The molecule has 0 aliphatic heterocycles. The number of hydrogen-bond acceptors (Lipinski definition) is 6. The Labute approximate surface area is 129 Å². The molecule has 0 saturated carbocycles. The lowest BCUT2D eigenvalue weighted by atomic mass is 10.2. The quantitative estimate of drug-likeness (QED) is 0.779. The number of aromatic nitrogens is 2. The van der Waals surface area contributed by atoms with Crippen molar-refractivity contribution in [2.45, 2.75) is 39.2 Å². The summed E-state index contributed by atoms with van der Waals surface area (Å²) >= 11 is 0. The first kappa shape index (κ1) is 15.8. The molecule has 6 nitrogen and oxygen atoms in total. The van der Waals surface area contributed by atoms with E-state index >= 15 is 0 Å². The molecule has 1 heterocycles. The molecule has 1 aromatic heterocycles. The number of benzene rings is 1. The maximum Gasteiger partial charge on any atom is 0.267 e. The lowest BCUT2D eigenvalue weighted by Gasteiger charge is -2.14. The van der Waals surface area contributed by atoms with Crippen molar-refractivity contribution in [1.82, 2.24) is 10.1 Å². The fourth-order valence-corrected chi connectivity index (χ4v) is 1.94. The smallest absolute Gasteiger partial charge is 0.267 e. The van der Waals surface area contributed by atoms with E-state index in [1.165, 1.54) is 7.11 Å². The maximum absolute atomic E-state index is 8.90. The molecule has 116 valence electrons. The van der Waals surface area contributed by atoms with Crippen LogP contribution in [0, 0.1) is 11.3 Å². The summed E-state index contributed by atoms with van der Waals surface area (Å²) in [4.78, 5) is 4.34. The molecule has 22 heavy (non-hydrogen) atoms. The Bertz CT molecular complexity index is 661. The van der Waals surface area contributed by atoms with E-state index in [9.17, 15) is 0 Å². The van der Waals surface area contributed by atoms with Gasteiger partial charge in [-0.15, -0.1) is 0 Å². The van der Waals surface area contributed by atoms with Gasteiger partial charge in [0, 0.05) is 12.5 Å². The Morgan fingerprint density at radius 3 is 2.86 bits per heavy atom. The highest BCUT2D eigenvalue weighted by Gasteiger charge is 2.18. The molecule has 1 aromatic carbocycles. The van der Waals surface area contributed by atoms with Crippen molar-refractivity contribution < 1.29 is 14.0 Å². The van der Waals surface area contributed by atoms with Crippen molar-refractivity contribution in [3.8, 4) is 17.6 Å². The average molecular weight is 301 g/mol. The van der Waals surface area contributed by atoms with Gasteiger partial charge in [-0.05, 0) is 25.5 Å². The highest BCUT2D eigenvalue weighted by Crippen LogP contribution is 2.31. The van der Waals surface area contributed by atoms with Crippen LogP contribution in [0.2, 0.25) is 0 Å². The summed E-state index contributed by atoms with van der Waals surface area (Å²) in [5.41, 5.74) is 0.511. The van der Waals surface area contributed by atoms with E-state index < -0.39 is 6.10 Å². The van der Waals surface area contributed by atoms with Gasteiger partial charge in [-0.25, -0.2) is 0 Å². The molecule has 2 rings (SSSR count). The molecule has 0 radical (unpaired) electrons. The molecule has 0 fully saturated rings. The number of hydrogen-bond donors (Lipinski definition) is 0. The zero-order valence-corrected chi connectivity index (χ0v) is 13.0. The first-order valence-corrected chi connectivity index (χ1v) is 7.25. The van der Waals surface area contributed by atoms with Crippen LogP contribution < -0.4 is 9.47 Å². The zero-order chi connectivity index (χ0) is 15.9. The topological polar surface area (TPSA) is 81.2 Å². The first-order chi connectivity index (χ1) is 10.7. The van der Waals surface area contributed by atoms with Crippen LogP contribution >= 0.6 is 0 Å². The number of nitriles is 1. The summed E-state index contributed by atoms with van der Waals surface area (Å²) < 4.78 is 16.3. The summed E-state index contributed by atoms with van der Waals surface area (Å²) in [5.74, 6) is 2.15. The Balaban J connectivity index is 2.10. The molecular weight excluding hydrogens is 282 g/mol. The Morgan fingerprint density at radius 1 is 1.36 bits per heavy atom. The summed E-state index contributed by atoms with van der Waals surface area (Å²) in [6, 6.07) is 7.06. The minimum absolute atomic E-state index is 0.398. The predicted octanol–water partition coefficient (Wildman–Crippen LogP) is 3.43. The third-order valence-electron chi connectivity index (χ3n) is 3.18. The van der Waals surface area contributed by atoms with E-state index in [0.717, 1.165) is 19.3 Å². The van der Waals surface area contributed by atoms with Crippen molar-refractivity contribution in [3.05, 3.63) is 35.5 Å². The van der Waals surface area contributed by atoms with Gasteiger partial charge in [0.25, 0.3) is 5.89 Å². The van der Waals surface area contributed by atoms with Crippen molar-refractivity contribution in [3.63, 3.8) is 0 Å². The normalized spacial score (nSPS) is 11.7. The summed E-state index contributed by atoms with van der Waals surface area (Å²) in [6.07, 6.45) is 2.51. The molecule has 1 unspecified atom stereocenters. The van der Waals surface area contributed by atoms with E-state index in [1.807, 2.05) is 6.92 Å². The van der Waals surface area contributed by atoms with Gasteiger partial charge in [-0.3, -0.25) is 0 Å².